The topological polar surface area (TPSA) is 51.1 Å². The number of carbonyl (C=O) groups is 1. The molecule has 17 heavy (non-hydrogen) atoms. The van der Waals surface area contributed by atoms with E-state index in [4.69, 9.17) is 0 Å². The van der Waals surface area contributed by atoms with E-state index in [-0.39, 0.29) is 17.5 Å². The smallest absolute Gasteiger partial charge is 0.251 e. The van der Waals surface area contributed by atoms with Gasteiger partial charge in [-0.3, -0.25) is 9.59 Å². The number of aromatic nitrogens is 1. The minimum Gasteiger partial charge on any atom is -0.350 e. The van der Waals surface area contributed by atoms with Gasteiger partial charge in [0.1, 0.15) is 0 Å². The maximum Gasteiger partial charge on any atom is 0.251 e. The second kappa shape index (κ2) is 6.49. The summed E-state index contributed by atoms with van der Waals surface area (Å²) in [6.45, 7) is 1.97. The minimum atomic E-state index is -0.184. The van der Waals surface area contributed by atoms with Crippen LogP contribution in [-0.2, 0) is 7.05 Å². The van der Waals surface area contributed by atoms with Crippen molar-refractivity contribution in [2.75, 3.05) is 12.0 Å². The van der Waals surface area contributed by atoms with Gasteiger partial charge < -0.3 is 9.88 Å². The number of rotatable bonds is 5. The van der Waals surface area contributed by atoms with Crippen molar-refractivity contribution in [2.45, 2.75) is 19.4 Å². The molecule has 0 saturated carbocycles. The summed E-state index contributed by atoms with van der Waals surface area (Å²) in [5.74, 6) is 0.828. The number of hydrogen-bond donors (Lipinski definition) is 1. The molecule has 1 aromatic rings. The van der Waals surface area contributed by atoms with Gasteiger partial charge in [-0.1, -0.05) is 0 Å². The van der Waals surface area contributed by atoms with Crippen LogP contribution in [0.3, 0.4) is 0 Å². The molecule has 1 rings (SSSR count). The number of amides is 1. The van der Waals surface area contributed by atoms with Crippen molar-refractivity contribution in [1.82, 2.24) is 9.88 Å². The van der Waals surface area contributed by atoms with Gasteiger partial charge in [0.25, 0.3) is 11.5 Å². The molecule has 0 aliphatic heterocycles. The first-order chi connectivity index (χ1) is 8.04. The van der Waals surface area contributed by atoms with Gasteiger partial charge in [-0.15, -0.1) is 0 Å². The van der Waals surface area contributed by atoms with Crippen molar-refractivity contribution in [2.24, 2.45) is 7.05 Å². The van der Waals surface area contributed by atoms with Crippen LogP contribution in [0.1, 0.15) is 23.7 Å². The number of pyridine rings is 1. The number of thioether (sulfide) groups is 1. The summed E-state index contributed by atoms with van der Waals surface area (Å²) >= 11 is 1.75. The van der Waals surface area contributed by atoms with Crippen LogP contribution in [-0.4, -0.2) is 28.5 Å². The average Bonchev–Trinajstić information content (AvgIpc) is 2.30. The first-order valence-electron chi connectivity index (χ1n) is 5.51. The molecule has 1 amide bonds. The van der Waals surface area contributed by atoms with Crippen LogP contribution >= 0.6 is 11.8 Å². The Hall–Kier alpha value is -1.23. The Morgan fingerprint density at radius 3 is 2.88 bits per heavy atom. The molecule has 94 valence electrons. The lowest BCUT2D eigenvalue weighted by atomic mass is 10.2. The molecular weight excluding hydrogens is 236 g/mol. The second-order valence-corrected chi connectivity index (χ2v) is 5.01. The quantitative estimate of drug-likeness (QED) is 0.860. The molecule has 1 N–H and O–H groups in total. The Kier molecular flexibility index (Phi) is 5.28. The normalized spacial score (nSPS) is 12.2. The van der Waals surface area contributed by atoms with Gasteiger partial charge in [0.2, 0.25) is 0 Å². The molecule has 0 bridgehead atoms. The largest absolute Gasteiger partial charge is 0.350 e. The summed E-state index contributed by atoms with van der Waals surface area (Å²) in [4.78, 5) is 23.2. The molecule has 4 nitrogen and oxygen atoms in total. The summed E-state index contributed by atoms with van der Waals surface area (Å²) in [6, 6.07) is 3.13. The molecule has 0 aromatic carbocycles. The van der Waals surface area contributed by atoms with Crippen LogP contribution in [0.15, 0.2) is 23.1 Å². The van der Waals surface area contributed by atoms with Gasteiger partial charge in [0.15, 0.2) is 0 Å². The van der Waals surface area contributed by atoms with E-state index in [1.54, 1.807) is 31.1 Å². The minimum absolute atomic E-state index is 0.124. The van der Waals surface area contributed by atoms with Crippen molar-refractivity contribution >= 4 is 17.7 Å². The van der Waals surface area contributed by atoms with Gasteiger partial charge in [-0.05, 0) is 31.4 Å². The Morgan fingerprint density at radius 2 is 2.29 bits per heavy atom. The SMILES string of the molecule is CSCCC(C)NC(=O)c1ccn(C)c(=O)c1. The molecule has 0 fully saturated rings. The lowest BCUT2D eigenvalue weighted by molar-refractivity contribution is 0.0939. The van der Waals surface area contributed by atoms with E-state index in [1.165, 1.54) is 10.6 Å². The van der Waals surface area contributed by atoms with Crippen molar-refractivity contribution in [3.8, 4) is 0 Å². The molecule has 0 aliphatic rings. The zero-order chi connectivity index (χ0) is 12.8. The van der Waals surface area contributed by atoms with Crippen molar-refractivity contribution in [1.29, 1.82) is 0 Å². The van der Waals surface area contributed by atoms with E-state index in [0.29, 0.717) is 5.56 Å². The third kappa shape index (κ3) is 4.26. The summed E-state index contributed by atoms with van der Waals surface area (Å²) in [5.41, 5.74) is 0.249. The monoisotopic (exact) mass is 254 g/mol. The standard InChI is InChI=1S/C12H18N2O2S/c1-9(5-7-17-3)13-12(16)10-4-6-14(2)11(15)8-10/h4,6,8-9H,5,7H2,1-3H3,(H,13,16). The number of nitrogens with zero attached hydrogens (tertiary/aromatic N) is 1. The number of nitrogens with one attached hydrogen (secondary N) is 1. The fourth-order valence-electron chi connectivity index (χ4n) is 1.36. The highest BCUT2D eigenvalue weighted by Gasteiger charge is 2.10. The van der Waals surface area contributed by atoms with E-state index in [0.717, 1.165) is 12.2 Å². The predicted molar refractivity (Wildman–Crippen MR) is 71.6 cm³/mol. The fraction of sp³-hybridized carbons (Fsp3) is 0.500. The maximum atomic E-state index is 11.8. The van der Waals surface area contributed by atoms with Crippen LogP contribution in [0.4, 0.5) is 0 Å². The van der Waals surface area contributed by atoms with E-state index < -0.39 is 0 Å². The number of carbonyl (C=O) groups excluding carboxylic acids is 1. The zero-order valence-corrected chi connectivity index (χ0v) is 11.2. The van der Waals surface area contributed by atoms with Crippen molar-refractivity contribution < 1.29 is 4.79 Å². The maximum absolute atomic E-state index is 11.8. The Morgan fingerprint density at radius 1 is 1.59 bits per heavy atom. The van der Waals surface area contributed by atoms with Crippen molar-refractivity contribution in [3.63, 3.8) is 0 Å². The lowest BCUT2D eigenvalue weighted by Crippen LogP contribution is -2.33. The van der Waals surface area contributed by atoms with Gasteiger partial charge in [0, 0.05) is 30.9 Å². The Bertz CT molecular complexity index is 442. The van der Waals surface area contributed by atoms with Gasteiger partial charge in [-0.25, -0.2) is 0 Å². The highest BCUT2D eigenvalue weighted by atomic mass is 32.2. The molecule has 1 atom stereocenters. The summed E-state index contributed by atoms with van der Waals surface area (Å²) < 4.78 is 1.44. The van der Waals surface area contributed by atoms with E-state index in [1.807, 2.05) is 13.2 Å². The molecular formula is C12H18N2O2S. The van der Waals surface area contributed by atoms with Gasteiger partial charge >= 0.3 is 0 Å². The van der Waals surface area contributed by atoms with E-state index in [9.17, 15) is 9.59 Å². The first kappa shape index (κ1) is 13.8. The van der Waals surface area contributed by atoms with Gasteiger partial charge in [-0.2, -0.15) is 11.8 Å². The van der Waals surface area contributed by atoms with E-state index in [2.05, 4.69) is 5.32 Å². The Balaban J connectivity index is 2.63. The lowest BCUT2D eigenvalue weighted by Gasteiger charge is -2.13. The third-order valence-electron chi connectivity index (χ3n) is 2.50. The summed E-state index contributed by atoms with van der Waals surface area (Å²) in [5, 5.41) is 2.88. The molecule has 0 spiro atoms. The van der Waals surface area contributed by atoms with E-state index >= 15 is 0 Å². The van der Waals surface area contributed by atoms with Crippen LogP contribution in [0.2, 0.25) is 0 Å². The molecule has 1 aromatic heterocycles. The molecule has 5 heteroatoms. The molecule has 1 heterocycles. The zero-order valence-electron chi connectivity index (χ0n) is 10.4. The Labute approximate surface area is 105 Å². The van der Waals surface area contributed by atoms with Crippen LogP contribution in [0.25, 0.3) is 0 Å². The third-order valence-corrected chi connectivity index (χ3v) is 3.14. The molecule has 0 radical (unpaired) electrons. The predicted octanol–water partition coefficient (Wildman–Crippen LogP) is 1.26. The summed E-state index contributed by atoms with van der Waals surface area (Å²) in [6.07, 6.45) is 4.57. The first-order valence-corrected chi connectivity index (χ1v) is 6.90. The number of hydrogen-bond acceptors (Lipinski definition) is 3. The second-order valence-electron chi connectivity index (χ2n) is 4.02. The average molecular weight is 254 g/mol. The fourth-order valence-corrected chi connectivity index (χ4v) is 1.95. The van der Waals surface area contributed by atoms with Crippen LogP contribution in [0, 0.1) is 0 Å². The summed E-state index contributed by atoms with van der Waals surface area (Å²) in [7, 11) is 1.66. The highest BCUT2D eigenvalue weighted by molar-refractivity contribution is 7.98. The van der Waals surface area contributed by atoms with Crippen LogP contribution < -0.4 is 10.9 Å². The molecule has 0 aliphatic carbocycles. The molecule has 1 unspecified atom stereocenters. The van der Waals surface area contributed by atoms with Crippen LogP contribution in [0.5, 0.6) is 0 Å². The van der Waals surface area contributed by atoms with Crippen molar-refractivity contribution in [3.05, 3.63) is 34.2 Å². The molecule has 0 saturated heterocycles. The number of aryl methyl sites for hydroxylation is 1. The van der Waals surface area contributed by atoms with Gasteiger partial charge in [0.05, 0.1) is 0 Å². The highest BCUT2D eigenvalue weighted by Crippen LogP contribution is 2.01.